The van der Waals surface area contributed by atoms with Gasteiger partial charge in [0.15, 0.2) is 0 Å². The molecule has 0 fully saturated rings. The highest BCUT2D eigenvalue weighted by Gasteiger charge is 2.18. The van der Waals surface area contributed by atoms with Gasteiger partial charge in [-0.3, -0.25) is 0 Å². The number of aliphatic carboxylic acids is 1. The van der Waals surface area contributed by atoms with Crippen LogP contribution in [0.4, 0.5) is 4.79 Å². The predicted molar refractivity (Wildman–Crippen MR) is 59.4 cm³/mol. The van der Waals surface area contributed by atoms with Gasteiger partial charge in [0, 0.05) is 13.7 Å². The lowest BCUT2D eigenvalue weighted by Gasteiger charge is -2.14. The summed E-state index contributed by atoms with van der Waals surface area (Å²) in [6.07, 6.45) is 2.12. The highest BCUT2D eigenvalue weighted by atomic mass is 16.5. The van der Waals surface area contributed by atoms with E-state index in [2.05, 4.69) is 10.6 Å². The summed E-state index contributed by atoms with van der Waals surface area (Å²) in [5.74, 6) is -1.00. The smallest absolute Gasteiger partial charge is 0.326 e. The third-order valence-electron chi connectivity index (χ3n) is 2.04. The summed E-state index contributed by atoms with van der Waals surface area (Å²) >= 11 is 0. The molecular formula is C10H20N2O4. The molecule has 94 valence electrons. The maximum absolute atomic E-state index is 11.3. The zero-order valence-corrected chi connectivity index (χ0v) is 9.78. The first-order chi connectivity index (χ1) is 7.61. The zero-order chi connectivity index (χ0) is 12.4. The quantitative estimate of drug-likeness (QED) is 0.534. The van der Waals surface area contributed by atoms with Gasteiger partial charge >= 0.3 is 12.0 Å². The Labute approximate surface area is 95.4 Å². The average Bonchev–Trinajstić information content (AvgIpc) is 2.24. The lowest BCUT2D eigenvalue weighted by Crippen LogP contribution is -2.46. The maximum atomic E-state index is 11.3. The van der Waals surface area contributed by atoms with Gasteiger partial charge in [0.2, 0.25) is 0 Å². The molecular weight excluding hydrogens is 212 g/mol. The van der Waals surface area contributed by atoms with Crippen molar-refractivity contribution in [3.63, 3.8) is 0 Å². The number of rotatable bonds is 8. The van der Waals surface area contributed by atoms with Crippen molar-refractivity contribution in [3.8, 4) is 0 Å². The molecule has 0 aromatic heterocycles. The summed E-state index contributed by atoms with van der Waals surface area (Å²) in [4.78, 5) is 22.1. The number of nitrogens with one attached hydrogen (secondary N) is 2. The van der Waals surface area contributed by atoms with Gasteiger partial charge in [-0.2, -0.15) is 0 Å². The number of carbonyl (C=O) groups is 2. The lowest BCUT2D eigenvalue weighted by atomic mass is 10.1. The first kappa shape index (κ1) is 14.7. The minimum atomic E-state index is -1.00. The molecule has 2 amide bonds. The van der Waals surface area contributed by atoms with Crippen molar-refractivity contribution in [1.82, 2.24) is 10.6 Å². The van der Waals surface area contributed by atoms with Crippen LogP contribution in [0.3, 0.4) is 0 Å². The fraction of sp³-hybridized carbons (Fsp3) is 0.800. The Balaban J connectivity index is 3.88. The summed E-state index contributed by atoms with van der Waals surface area (Å²) in [7, 11) is 1.53. The molecule has 0 aliphatic carbocycles. The van der Waals surface area contributed by atoms with Gasteiger partial charge in [-0.25, -0.2) is 9.59 Å². The second-order valence-corrected chi connectivity index (χ2v) is 3.43. The van der Waals surface area contributed by atoms with Crippen molar-refractivity contribution < 1.29 is 19.4 Å². The summed E-state index contributed by atoms with van der Waals surface area (Å²) in [5.41, 5.74) is 0. The van der Waals surface area contributed by atoms with E-state index in [1.165, 1.54) is 7.11 Å². The lowest BCUT2D eigenvalue weighted by molar-refractivity contribution is -0.139. The van der Waals surface area contributed by atoms with E-state index < -0.39 is 18.0 Å². The van der Waals surface area contributed by atoms with E-state index in [9.17, 15) is 9.59 Å². The first-order valence-corrected chi connectivity index (χ1v) is 5.38. The molecule has 0 unspecified atom stereocenters. The number of hydrogen-bond acceptors (Lipinski definition) is 3. The van der Waals surface area contributed by atoms with Crippen LogP contribution in [-0.2, 0) is 9.53 Å². The molecule has 0 radical (unpaired) electrons. The van der Waals surface area contributed by atoms with E-state index in [-0.39, 0.29) is 0 Å². The standard InChI is InChI=1S/C10H20N2O4/c1-3-4-5-8(9(13)14)12-10(15)11-6-7-16-2/h8H,3-7H2,1-2H3,(H,13,14)(H2,11,12,15)/t8-/m0/s1. The Morgan fingerprint density at radius 2 is 2.12 bits per heavy atom. The number of amides is 2. The van der Waals surface area contributed by atoms with Crippen LogP contribution in [0.25, 0.3) is 0 Å². The van der Waals surface area contributed by atoms with Crippen molar-refractivity contribution in [2.24, 2.45) is 0 Å². The molecule has 0 saturated carbocycles. The maximum Gasteiger partial charge on any atom is 0.326 e. The molecule has 0 rings (SSSR count). The number of ether oxygens (including phenoxy) is 1. The van der Waals surface area contributed by atoms with E-state index in [1.807, 2.05) is 6.92 Å². The van der Waals surface area contributed by atoms with Crippen LogP contribution in [-0.4, -0.2) is 43.4 Å². The molecule has 0 aliphatic rings. The number of unbranched alkanes of at least 4 members (excludes halogenated alkanes) is 1. The van der Waals surface area contributed by atoms with Gasteiger partial charge in [0.25, 0.3) is 0 Å². The van der Waals surface area contributed by atoms with Crippen LogP contribution in [0.15, 0.2) is 0 Å². The zero-order valence-electron chi connectivity index (χ0n) is 9.78. The molecule has 1 atom stereocenters. The summed E-state index contributed by atoms with van der Waals surface area (Å²) < 4.78 is 4.75. The van der Waals surface area contributed by atoms with Gasteiger partial charge in [-0.15, -0.1) is 0 Å². The predicted octanol–water partition coefficient (Wildman–Crippen LogP) is 0.575. The highest BCUT2D eigenvalue weighted by molar-refractivity contribution is 5.82. The third kappa shape index (κ3) is 7.05. The van der Waals surface area contributed by atoms with Crippen LogP contribution in [0.1, 0.15) is 26.2 Å². The molecule has 0 saturated heterocycles. The molecule has 0 bridgehead atoms. The van der Waals surface area contributed by atoms with Crippen LogP contribution < -0.4 is 10.6 Å². The van der Waals surface area contributed by atoms with Crippen LogP contribution in [0.2, 0.25) is 0 Å². The summed E-state index contributed by atoms with van der Waals surface area (Å²) in [6, 6.07) is -1.29. The Morgan fingerprint density at radius 3 is 2.62 bits per heavy atom. The van der Waals surface area contributed by atoms with E-state index in [4.69, 9.17) is 9.84 Å². The second-order valence-electron chi connectivity index (χ2n) is 3.43. The third-order valence-corrected chi connectivity index (χ3v) is 2.04. The van der Waals surface area contributed by atoms with Crippen molar-refractivity contribution >= 4 is 12.0 Å². The van der Waals surface area contributed by atoms with E-state index in [1.54, 1.807) is 0 Å². The van der Waals surface area contributed by atoms with Crippen molar-refractivity contribution in [2.45, 2.75) is 32.2 Å². The Kier molecular flexibility index (Phi) is 8.24. The number of methoxy groups -OCH3 is 1. The van der Waals surface area contributed by atoms with Crippen LogP contribution in [0.5, 0.6) is 0 Å². The molecule has 3 N–H and O–H groups in total. The Morgan fingerprint density at radius 1 is 1.44 bits per heavy atom. The largest absolute Gasteiger partial charge is 0.480 e. The van der Waals surface area contributed by atoms with Gasteiger partial charge in [0.05, 0.1) is 6.61 Å². The highest BCUT2D eigenvalue weighted by Crippen LogP contribution is 2.00. The molecule has 16 heavy (non-hydrogen) atoms. The van der Waals surface area contributed by atoms with Gasteiger partial charge in [-0.05, 0) is 6.42 Å². The molecule has 0 spiro atoms. The average molecular weight is 232 g/mol. The fourth-order valence-corrected chi connectivity index (χ4v) is 1.14. The first-order valence-electron chi connectivity index (χ1n) is 5.38. The topological polar surface area (TPSA) is 87.7 Å². The molecule has 0 aromatic rings. The summed E-state index contributed by atoms with van der Waals surface area (Å²) in [5, 5.41) is 13.8. The molecule has 0 aliphatic heterocycles. The van der Waals surface area contributed by atoms with Gasteiger partial charge in [-0.1, -0.05) is 19.8 Å². The van der Waals surface area contributed by atoms with Crippen molar-refractivity contribution in [1.29, 1.82) is 0 Å². The number of urea groups is 1. The normalized spacial score (nSPS) is 11.9. The van der Waals surface area contributed by atoms with Crippen LogP contribution in [0, 0.1) is 0 Å². The number of carboxylic acid groups (broad SMARTS) is 1. The van der Waals surface area contributed by atoms with Crippen molar-refractivity contribution in [2.75, 3.05) is 20.3 Å². The molecule has 0 heterocycles. The van der Waals surface area contributed by atoms with Crippen LogP contribution >= 0.6 is 0 Å². The number of carboxylic acids is 1. The van der Waals surface area contributed by atoms with E-state index in [0.717, 1.165) is 12.8 Å². The minimum Gasteiger partial charge on any atom is -0.480 e. The monoisotopic (exact) mass is 232 g/mol. The van der Waals surface area contributed by atoms with E-state index in [0.29, 0.717) is 19.6 Å². The molecule has 6 heteroatoms. The number of hydrogen-bond donors (Lipinski definition) is 3. The Hall–Kier alpha value is -1.30. The molecule has 0 aromatic carbocycles. The fourth-order valence-electron chi connectivity index (χ4n) is 1.14. The van der Waals surface area contributed by atoms with Gasteiger partial charge < -0.3 is 20.5 Å². The van der Waals surface area contributed by atoms with Gasteiger partial charge in [0.1, 0.15) is 6.04 Å². The Bertz CT molecular complexity index is 221. The van der Waals surface area contributed by atoms with Crippen molar-refractivity contribution in [3.05, 3.63) is 0 Å². The van der Waals surface area contributed by atoms with E-state index >= 15 is 0 Å². The minimum absolute atomic E-state index is 0.364. The second kappa shape index (κ2) is 8.96. The summed E-state index contributed by atoms with van der Waals surface area (Å²) in [6.45, 7) is 2.74. The SMILES string of the molecule is CCCC[C@H](NC(=O)NCCOC)C(=O)O. The molecule has 6 nitrogen and oxygen atoms in total. The number of carbonyl (C=O) groups excluding carboxylic acids is 1.